The molecule has 2 amide bonds. The van der Waals surface area contributed by atoms with Gasteiger partial charge in [-0.3, -0.25) is 10.3 Å². The van der Waals surface area contributed by atoms with E-state index in [0.717, 1.165) is 11.3 Å². The Morgan fingerprint density at radius 2 is 1.80 bits per heavy atom. The summed E-state index contributed by atoms with van der Waals surface area (Å²) in [6.45, 7) is 4.77. The Kier molecular flexibility index (Phi) is 7.07. The standard InChI is InChI=1S/C26H26FN5O3/c1-17-3-5-18(6-4-17)30-24(14-23(28)26(2)15-34-16-26)32-25(33)31-22-8-7-20(13-21(22)27)35-19-9-11-29-12-10-19/h3-14,28,30H,15-16H2,1-2H3,(H2,31,32,33)/b24-14+,28-23?. The first kappa shape index (κ1) is 23.9. The molecule has 1 fully saturated rings. The SMILES string of the molecule is Cc1ccc(N/C(=C\C(=N)C2(C)COC2)NC(=O)Nc2ccc(Oc3ccncc3)cc2F)cc1. The van der Waals surface area contributed by atoms with Crippen LogP contribution in [0.15, 0.2) is 78.9 Å². The second-order valence-electron chi connectivity index (χ2n) is 8.52. The van der Waals surface area contributed by atoms with Gasteiger partial charge in [0.05, 0.1) is 24.3 Å². The number of pyridine rings is 1. The lowest BCUT2D eigenvalue weighted by molar-refractivity contribution is -0.0582. The zero-order valence-electron chi connectivity index (χ0n) is 19.4. The Morgan fingerprint density at radius 1 is 1.09 bits per heavy atom. The number of aromatic nitrogens is 1. The summed E-state index contributed by atoms with van der Waals surface area (Å²) >= 11 is 0. The van der Waals surface area contributed by atoms with Crippen LogP contribution in [0.3, 0.4) is 0 Å². The Labute approximate surface area is 202 Å². The number of halogens is 1. The fourth-order valence-electron chi connectivity index (χ4n) is 3.26. The van der Waals surface area contributed by atoms with Gasteiger partial charge in [-0.25, -0.2) is 9.18 Å². The lowest BCUT2D eigenvalue weighted by Crippen LogP contribution is -2.46. The maximum Gasteiger partial charge on any atom is 0.324 e. The molecule has 1 aromatic heterocycles. The van der Waals surface area contributed by atoms with E-state index in [2.05, 4.69) is 20.9 Å². The number of aryl methyl sites for hydroxylation is 1. The van der Waals surface area contributed by atoms with E-state index in [9.17, 15) is 9.18 Å². The summed E-state index contributed by atoms with van der Waals surface area (Å²) in [5.74, 6) is 0.423. The van der Waals surface area contributed by atoms with Gasteiger partial charge in [0.2, 0.25) is 0 Å². The Balaban J connectivity index is 1.46. The zero-order chi connectivity index (χ0) is 24.8. The van der Waals surface area contributed by atoms with Gasteiger partial charge in [-0.1, -0.05) is 17.7 Å². The van der Waals surface area contributed by atoms with Crippen LogP contribution in [0.5, 0.6) is 11.5 Å². The van der Waals surface area contributed by atoms with E-state index in [0.29, 0.717) is 24.7 Å². The number of nitrogens with zero attached hydrogens (tertiary/aromatic N) is 1. The van der Waals surface area contributed by atoms with E-state index in [1.54, 1.807) is 36.7 Å². The second kappa shape index (κ2) is 10.4. The third-order valence-electron chi connectivity index (χ3n) is 5.43. The predicted molar refractivity (Wildman–Crippen MR) is 132 cm³/mol. The number of carbonyl (C=O) groups is 1. The number of urea groups is 1. The van der Waals surface area contributed by atoms with Gasteiger partial charge in [0.25, 0.3) is 0 Å². The molecule has 35 heavy (non-hydrogen) atoms. The minimum atomic E-state index is -0.666. The van der Waals surface area contributed by atoms with Gasteiger partial charge in [0.15, 0.2) is 0 Å². The highest BCUT2D eigenvalue weighted by molar-refractivity contribution is 6.00. The van der Waals surface area contributed by atoms with Gasteiger partial charge < -0.3 is 25.5 Å². The van der Waals surface area contributed by atoms with Crippen molar-refractivity contribution in [3.63, 3.8) is 0 Å². The highest BCUT2D eigenvalue weighted by Crippen LogP contribution is 2.29. The highest BCUT2D eigenvalue weighted by Gasteiger charge is 2.37. The third kappa shape index (κ3) is 6.21. The predicted octanol–water partition coefficient (Wildman–Crippen LogP) is 5.45. The van der Waals surface area contributed by atoms with E-state index in [1.807, 2.05) is 38.1 Å². The second-order valence-corrected chi connectivity index (χ2v) is 8.52. The first-order valence-corrected chi connectivity index (χ1v) is 11.0. The van der Waals surface area contributed by atoms with Crippen molar-refractivity contribution in [3.8, 4) is 11.5 Å². The Hall–Kier alpha value is -4.24. The van der Waals surface area contributed by atoms with E-state index >= 15 is 0 Å². The van der Waals surface area contributed by atoms with Crippen molar-refractivity contribution in [2.24, 2.45) is 5.41 Å². The van der Waals surface area contributed by atoms with Gasteiger partial charge in [0.1, 0.15) is 23.1 Å². The number of nitrogens with one attached hydrogen (secondary N) is 4. The molecule has 0 atom stereocenters. The van der Waals surface area contributed by atoms with Crippen LogP contribution in [0.25, 0.3) is 0 Å². The highest BCUT2D eigenvalue weighted by atomic mass is 19.1. The minimum absolute atomic E-state index is 0.0197. The van der Waals surface area contributed by atoms with Crippen molar-refractivity contribution in [3.05, 3.63) is 90.3 Å². The fraction of sp³-hybridized carbons (Fsp3) is 0.192. The van der Waals surface area contributed by atoms with Crippen LogP contribution < -0.4 is 20.7 Å². The van der Waals surface area contributed by atoms with Gasteiger partial charge in [0, 0.05) is 35.9 Å². The number of allylic oxidation sites excluding steroid dienone is 1. The van der Waals surface area contributed by atoms with Crippen molar-refractivity contribution in [1.82, 2.24) is 10.3 Å². The monoisotopic (exact) mass is 475 g/mol. The summed E-state index contributed by atoms with van der Waals surface area (Å²) in [6.07, 6.45) is 4.68. The summed E-state index contributed by atoms with van der Waals surface area (Å²) < 4.78 is 25.5. The molecule has 3 aromatic rings. The summed E-state index contributed by atoms with van der Waals surface area (Å²) in [5.41, 5.74) is 1.69. The first-order chi connectivity index (χ1) is 16.8. The lowest BCUT2D eigenvalue weighted by atomic mass is 9.83. The van der Waals surface area contributed by atoms with Crippen molar-refractivity contribution >= 4 is 23.1 Å². The summed E-state index contributed by atoms with van der Waals surface area (Å²) in [6, 6.07) is 14.4. The number of ether oxygens (including phenoxy) is 2. The summed E-state index contributed by atoms with van der Waals surface area (Å²) in [4.78, 5) is 16.6. The molecule has 0 spiro atoms. The van der Waals surface area contributed by atoms with Crippen LogP contribution in [0.2, 0.25) is 0 Å². The maximum absolute atomic E-state index is 14.6. The molecule has 0 saturated carbocycles. The van der Waals surface area contributed by atoms with Crippen LogP contribution >= 0.6 is 0 Å². The average Bonchev–Trinajstić information content (AvgIpc) is 2.81. The molecule has 2 aromatic carbocycles. The Bertz CT molecular complexity index is 1240. The van der Waals surface area contributed by atoms with Gasteiger partial charge in [-0.05, 0) is 50.2 Å². The molecular formula is C26H26FN5O3. The smallest absolute Gasteiger partial charge is 0.324 e. The fourth-order valence-corrected chi connectivity index (χ4v) is 3.26. The number of hydrogen-bond acceptors (Lipinski definition) is 6. The number of hydrogen-bond donors (Lipinski definition) is 4. The number of rotatable bonds is 8. The van der Waals surface area contributed by atoms with Crippen molar-refractivity contribution in [2.45, 2.75) is 13.8 Å². The van der Waals surface area contributed by atoms with Gasteiger partial charge in [-0.15, -0.1) is 0 Å². The molecule has 4 rings (SSSR count). The molecule has 9 heteroatoms. The molecule has 180 valence electrons. The molecule has 0 radical (unpaired) electrons. The van der Waals surface area contributed by atoms with Crippen molar-refractivity contribution in [2.75, 3.05) is 23.8 Å². The largest absolute Gasteiger partial charge is 0.457 e. The number of amides is 2. The van der Waals surface area contributed by atoms with Gasteiger partial charge >= 0.3 is 6.03 Å². The zero-order valence-corrected chi connectivity index (χ0v) is 19.4. The van der Waals surface area contributed by atoms with E-state index in [1.165, 1.54) is 12.1 Å². The van der Waals surface area contributed by atoms with Crippen LogP contribution in [0.1, 0.15) is 12.5 Å². The molecule has 0 aliphatic carbocycles. The van der Waals surface area contributed by atoms with Crippen molar-refractivity contribution in [1.29, 1.82) is 5.41 Å². The molecule has 0 unspecified atom stereocenters. The van der Waals surface area contributed by atoms with Crippen LogP contribution in [-0.2, 0) is 4.74 Å². The molecular weight excluding hydrogens is 449 g/mol. The van der Waals surface area contributed by atoms with Gasteiger partial charge in [-0.2, -0.15) is 0 Å². The maximum atomic E-state index is 14.6. The van der Waals surface area contributed by atoms with Crippen LogP contribution in [-0.4, -0.2) is 29.9 Å². The molecule has 1 aliphatic heterocycles. The lowest BCUT2D eigenvalue weighted by Gasteiger charge is -2.37. The van der Waals surface area contributed by atoms with Crippen LogP contribution in [0, 0.1) is 23.6 Å². The average molecular weight is 476 g/mol. The summed E-state index contributed by atoms with van der Waals surface area (Å²) in [7, 11) is 0. The summed E-state index contributed by atoms with van der Waals surface area (Å²) in [5, 5.41) is 16.7. The van der Waals surface area contributed by atoms with E-state index in [-0.39, 0.29) is 17.3 Å². The number of benzene rings is 2. The number of carbonyl (C=O) groups excluding carboxylic acids is 1. The minimum Gasteiger partial charge on any atom is -0.457 e. The first-order valence-electron chi connectivity index (χ1n) is 11.0. The normalized spacial score (nSPS) is 14.4. The topological polar surface area (TPSA) is 108 Å². The van der Waals surface area contributed by atoms with Crippen LogP contribution in [0.4, 0.5) is 20.6 Å². The molecule has 4 N–H and O–H groups in total. The van der Waals surface area contributed by atoms with E-state index < -0.39 is 17.3 Å². The van der Waals surface area contributed by atoms with Crippen molar-refractivity contribution < 1.29 is 18.7 Å². The quantitative estimate of drug-likeness (QED) is 0.324. The molecule has 0 bridgehead atoms. The number of anilines is 2. The molecule has 8 nitrogen and oxygen atoms in total. The molecule has 2 heterocycles. The Morgan fingerprint density at radius 3 is 2.43 bits per heavy atom. The molecule has 1 aliphatic rings. The molecule has 1 saturated heterocycles. The third-order valence-corrected chi connectivity index (χ3v) is 5.43. The van der Waals surface area contributed by atoms with E-state index in [4.69, 9.17) is 14.9 Å².